The second-order valence-electron chi connectivity index (χ2n) is 5.50. The van der Waals surface area contributed by atoms with Crippen molar-refractivity contribution in [2.45, 2.75) is 23.5 Å². The molecule has 24 heavy (non-hydrogen) atoms. The molecular weight excluding hydrogens is 326 g/mol. The summed E-state index contributed by atoms with van der Waals surface area (Å²) in [7, 11) is 0. The van der Waals surface area contributed by atoms with Crippen molar-refractivity contribution in [1.29, 1.82) is 0 Å². The van der Waals surface area contributed by atoms with Crippen LogP contribution in [0, 0.1) is 6.92 Å². The minimum absolute atomic E-state index is 0.0246. The molecular formula is C18H14NO4S-. The van der Waals surface area contributed by atoms with Gasteiger partial charge >= 0.3 is 0 Å². The van der Waals surface area contributed by atoms with Gasteiger partial charge in [0.15, 0.2) is 0 Å². The first-order valence-corrected chi connectivity index (χ1v) is 8.26. The van der Waals surface area contributed by atoms with Crippen LogP contribution in [0.4, 0.5) is 5.69 Å². The Hall–Kier alpha value is -2.60. The van der Waals surface area contributed by atoms with Gasteiger partial charge in [-0.15, -0.1) is 11.8 Å². The fourth-order valence-electron chi connectivity index (χ4n) is 2.55. The number of carboxylic acid groups (broad SMARTS) is 1. The minimum atomic E-state index is -1.30. The average molecular weight is 340 g/mol. The Morgan fingerprint density at radius 1 is 1.12 bits per heavy atom. The van der Waals surface area contributed by atoms with Gasteiger partial charge in [-0.1, -0.05) is 35.9 Å². The van der Waals surface area contributed by atoms with Crippen LogP contribution in [-0.4, -0.2) is 23.0 Å². The molecule has 6 heteroatoms. The van der Waals surface area contributed by atoms with Gasteiger partial charge in [-0.2, -0.15) is 0 Å². The Bertz CT molecular complexity index is 816. The molecule has 0 spiro atoms. The minimum Gasteiger partial charge on any atom is -0.545 e. The summed E-state index contributed by atoms with van der Waals surface area (Å²) in [4.78, 5) is 37.6. The normalized spacial score (nSPS) is 17.4. The van der Waals surface area contributed by atoms with Crippen LogP contribution < -0.4 is 10.0 Å². The van der Waals surface area contributed by atoms with E-state index < -0.39 is 11.2 Å². The molecule has 1 aliphatic rings. The first kappa shape index (κ1) is 16.3. The number of rotatable bonds is 4. The molecule has 2 aromatic rings. The summed E-state index contributed by atoms with van der Waals surface area (Å²) in [5.41, 5.74) is 1.59. The molecule has 0 radical (unpaired) electrons. The molecule has 5 nitrogen and oxygen atoms in total. The highest BCUT2D eigenvalue weighted by atomic mass is 32.2. The van der Waals surface area contributed by atoms with Crippen LogP contribution in [0.2, 0.25) is 0 Å². The fourth-order valence-corrected chi connectivity index (χ4v) is 3.73. The second kappa shape index (κ2) is 6.49. The van der Waals surface area contributed by atoms with Crippen molar-refractivity contribution in [2.75, 3.05) is 4.90 Å². The van der Waals surface area contributed by atoms with Crippen LogP contribution in [0.5, 0.6) is 0 Å². The molecule has 2 aromatic carbocycles. The standard InChI is InChI=1S/C18H15NO4S/c1-11-6-8-12(9-7-11)19-16(20)10-15(17(19)21)24-14-5-3-2-4-13(14)18(22)23/h2-9,15H,10H2,1H3,(H,22,23)/p-1/t15-/m0/s1. The lowest BCUT2D eigenvalue weighted by Gasteiger charge is -2.16. The Labute approximate surface area is 143 Å². The van der Waals surface area contributed by atoms with E-state index in [2.05, 4.69) is 0 Å². The number of imide groups is 1. The first-order chi connectivity index (χ1) is 11.5. The summed E-state index contributed by atoms with van der Waals surface area (Å²) in [6.45, 7) is 1.92. The molecule has 1 fully saturated rings. The van der Waals surface area contributed by atoms with E-state index in [0.29, 0.717) is 10.6 Å². The van der Waals surface area contributed by atoms with Gasteiger partial charge in [-0.05, 0) is 25.1 Å². The molecule has 2 amide bonds. The van der Waals surface area contributed by atoms with Gasteiger partial charge in [0.25, 0.3) is 0 Å². The van der Waals surface area contributed by atoms with E-state index in [4.69, 9.17) is 0 Å². The smallest absolute Gasteiger partial charge is 0.247 e. The number of aryl methyl sites for hydroxylation is 1. The molecule has 0 N–H and O–H groups in total. The number of carbonyl (C=O) groups excluding carboxylic acids is 3. The zero-order valence-electron chi connectivity index (χ0n) is 12.9. The number of anilines is 1. The third-order valence-corrected chi connectivity index (χ3v) is 5.04. The Balaban J connectivity index is 1.85. The topological polar surface area (TPSA) is 77.5 Å². The van der Waals surface area contributed by atoms with Gasteiger partial charge in [-0.25, -0.2) is 4.90 Å². The second-order valence-corrected chi connectivity index (χ2v) is 6.74. The van der Waals surface area contributed by atoms with Gasteiger partial charge in [0.2, 0.25) is 11.8 Å². The zero-order chi connectivity index (χ0) is 17.3. The summed E-state index contributed by atoms with van der Waals surface area (Å²) >= 11 is 1.09. The lowest BCUT2D eigenvalue weighted by Crippen LogP contribution is -2.31. The first-order valence-electron chi connectivity index (χ1n) is 7.38. The Kier molecular flexibility index (Phi) is 4.40. The van der Waals surface area contributed by atoms with Crippen LogP contribution in [0.1, 0.15) is 22.3 Å². The van der Waals surface area contributed by atoms with Crippen LogP contribution in [0.3, 0.4) is 0 Å². The number of hydrogen-bond donors (Lipinski definition) is 0. The van der Waals surface area contributed by atoms with E-state index in [1.54, 1.807) is 30.3 Å². The van der Waals surface area contributed by atoms with E-state index in [1.165, 1.54) is 11.0 Å². The predicted octanol–water partition coefficient (Wildman–Crippen LogP) is 1.78. The molecule has 0 bridgehead atoms. The summed E-state index contributed by atoms with van der Waals surface area (Å²) in [5, 5.41) is 10.5. The number of aromatic carboxylic acids is 1. The molecule has 0 saturated carbocycles. The van der Waals surface area contributed by atoms with Gasteiger partial charge < -0.3 is 9.90 Å². The summed E-state index contributed by atoms with van der Waals surface area (Å²) < 4.78 is 0. The van der Waals surface area contributed by atoms with Crippen molar-refractivity contribution < 1.29 is 19.5 Å². The lowest BCUT2D eigenvalue weighted by molar-refractivity contribution is -0.255. The van der Waals surface area contributed by atoms with E-state index in [-0.39, 0.29) is 23.8 Å². The maximum absolute atomic E-state index is 12.6. The van der Waals surface area contributed by atoms with Crippen molar-refractivity contribution in [3.05, 3.63) is 59.7 Å². The molecule has 0 aromatic heterocycles. The van der Waals surface area contributed by atoms with E-state index >= 15 is 0 Å². The van der Waals surface area contributed by atoms with Crippen LogP contribution in [0.25, 0.3) is 0 Å². The number of amides is 2. The highest BCUT2D eigenvalue weighted by Crippen LogP contribution is 2.35. The maximum atomic E-state index is 12.6. The number of carbonyl (C=O) groups is 3. The average Bonchev–Trinajstić information content (AvgIpc) is 2.83. The molecule has 1 atom stereocenters. The fraction of sp³-hybridized carbons (Fsp3) is 0.167. The number of thioether (sulfide) groups is 1. The quantitative estimate of drug-likeness (QED) is 0.793. The molecule has 0 aliphatic carbocycles. The molecule has 0 unspecified atom stereocenters. The number of nitrogens with zero attached hydrogens (tertiary/aromatic N) is 1. The van der Waals surface area contributed by atoms with E-state index in [0.717, 1.165) is 17.3 Å². The highest BCUT2D eigenvalue weighted by molar-refractivity contribution is 8.00. The van der Waals surface area contributed by atoms with Crippen molar-refractivity contribution in [3.8, 4) is 0 Å². The number of benzene rings is 2. The van der Waals surface area contributed by atoms with E-state index in [1.807, 2.05) is 19.1 Å². The van der Waals surface area contributed by atoms with Crippen molar-refractivity contribution in [3.63, 3.8) is 0 Å². The highest BCUT2D eigenvalue weighted by Gasteiger charge is 2.40. The van der Waals surface area contributed by atoms with Crippen LogP contribution in [0.15, 0.2) is 53.4 Å². The Morgan fingerprint density at radius 2 is 1.79 bits per heavy atom. The Morgan fingerprint density at radius 3 is 2.46 bits per heavy atom. The summed E-state index contributed by atoms with van der Waals surface area (Å²) in [6, 6.07) is 13.5. The van der Waals surface area contributed by atoms with Crippen LogP contribution >= 0.6 is 11.8 Å². The monoisotopic (exact) mass is 340 g/mol. The largest absolute Gasteiger partial charge is 0.545 e. The summed E-state index contributed by atoms with van der Waals surface area (Å²) in [6.07, 6.45) is 0.0404. The van der Waals surface area contributed by atoms with Crippen LogP contribution in [-0.2, 0) is 9.59 Å². The zero-order valence-corrected chi connectivity index (χ0v) is 13.7. The molecule has 1 saturated heterocycles. The van der Waals surface area contributed by atoms with Gasteiger partial charge in [-0.3, -0.25) is 9.59 Å². The number of hydrogen-bond acceptors (Lipinski definition) is 5. The van der Waals surface area contributed by atoms with Gasteiger partial charge in [0, 0.05) is 16.9 Å². The lowest BCUT2D eigenvalue weighted by atomic mass is 10.2. The molecule has 122 valence electrons. The van der Waals surface area contributed by atoms with Crippen molar-refractivity contribution >= 4 is 35.2 Å². The third-order valence-electron chi connectivity index (χ3n) is 3.77. The number of carboxylic acids is 1. The predicted molar refractivity (Wildman–Crippen MR) is 88.7 cm³/mol. The van der Waals surface area contributed by atoms with Crippen molar-refractivity contribution in [1.82, 2.24) is 0 Å². The summed E-state index contributed by atoms with van der Waals surface area (Å²) in [5.74, 6) is -1.92. The van der Waals surface area contributed by atoms with Crippen molar-refractivity contribution in [2.24, 2.45) is 0 Å². The molecule has 1 heterocycles. The van der Waals surface area contributed by atoms with E-state index in [9.17, 15) is 19.5 Å². The van der Waals surface area contributed by atoms with Gasteiger partial charge in [0.1, 0.15) is 0 Å². The van der Waals surface area contributed by atoms with Gasteiger partial charge in [0.05, 0.1) is 16.9 Å². The molecule has 3 rings (SSSR count). The maximum Gasteiger partial charge on any atom is 0.247 e. The molecule has 1 aliphatic heterocycles. The SMILES string of the molecule is Cc1ccc(N2C(=O)C[C@H](Sc3ccccc3C(=O)[O-])C2=O)cc1. The third kappa shape index (κ3) is 3.05.